The lowest BCUT2D eigenvalue weighted by Gasteiger charge is -2.29. The summed E-state index contributed by atoms with van der Waals surface area (Å²) in [5.41, 5.74) is 0.649. The summed E-state index contributed by atoms with van der Waals surface area (Å²) >= 11 is 8.22. The van der Waals surface area contributed by atoms with Gasteiger partial charge in [-0.3, -0.25) is 4.79 Å². The molecule has 1 aromatic carbocycles. The van der Waals surface area contributed by atoms with Gasteiger partial charge in [-0.05, 0) is 66.5 Å². The summed E-state index contributed by atoms with van der Waals surface area (Å²) in [5.74, 6) is -0.00963. The van der Waals surface area contributed by atoms with Gasteiger partial charge in [0.05, 0.1) is 5.02 Å². The molecule has 2 N–H and O–H groups in total. The van der Waals surface area contributed by atoms with E-state index in [9.17, 15) is 4.79 Å². The minimum absolute atomic E-state index is 0.00963. The molecule has 0 radical (unpaired) electrons. The van der Waals surface area contributed by atoms with Crippen LogP contribution in [-0.4, -0.2) is 24.0 Å². The lowest BCUT2D eigenvalue weighted by atomic mass is 9.99. The zero-order valence-corrected chi connectivity index (χ0v) is 13.4. The topological polar surface area (TPSA) is 41.1 Å². The number of hydrogen-bond acceptors (Lipinski definition) is 2. The Kier molecular flexibility index (Phi) is 4.01. The molecule has 3 rings (SSSR count). The van der Waals surface area contributed by atoms with Crippen LogP contribution in [-0.2, 0) is 0 Å². The summed E-state index contributed by atoms with van der Waals surface area (Å²) in [4.78, 5) is 12.2. The Morgan fingerprint density at radius 3 is 2.63 bits per heavy atom. The summed E-state index contributed by atoms with van der Waals surface area (Å²) < 4.78 is 0.968. The van der Waals surface area contributed by atoms with E-state index < -0.39 is 0 Å². The minimum Gasteiger partial charge on any atom is -0.349 e. The van der Waals surface area contributed by atoms with Crippen LogP contribution in [0, 0.1) is 3.57 Å². The summed E-state index contributed by atoms with van der Waals surface area (Å²) in [5, 5.41) is 7.36. The second-order valence-electron chi connectivity index (χ2n) is 5.41. The maximum Gasteiger partial charge on any atom is 0.251 e. The van der Waals surface area contributed by atoms with Gasteiger partial charge in [0.15, 0.2) is 0 Å². The Bertz CT molecular complexity index is 496. The number of halogens is 2. The minimum atomic E-state index is -0.00963. The SMILES string of the molecule is O=C(NC1CC2CCC(C1)N2)c1ccc(I)c(Cl)c1. The Labute approximate surface area is 131 Å². The van der Waals surface area contributed by atoms with Crippen molar-refractivity contribution in [1.29, 1.82) is 0 Å². The van der Waals surface area contributed by atoms with Crippen molar-refractivity contribution < 1.29 is 4.79 Å². The first-order valence-electron chi connectivity index (χ1n) is 6.64. The van der Waals surface area contributed by atoms with Crippen LogP contribution in [0.5, 0.6) is 0 Å². The Hall–Kier alpha value is -0.330. The Morgan fingerprint density at radius 1 is 1.32 bits per heavy atom. The number of benzene rings is 1. The lowest BCUT2D eigenvalue weighted by Crippen LogP contribution is -2.48. The monoisotopic (exact) mass is 390 g/mol. The molecule has 19 heavy (non-hydrogen) atoms. The molecule has 0 saturated carbocycles. The number of piperidine rings is 1. The van der Waals surface area contributed by atoms with Gasteiger partial charge in [0, 0.05) is 27.3 Å². The van der Waals surface area contributed by atoms with Crippen LogP contribution < -0.4 is 10.6 Å². The summed E-state index contributed by atoms with van der Waals surface area (Å²) in [7, 11) is 0. The summed E-state index contributed by atoms with van der Waals surface area (Å²) in [6.07, 6.45) is 4.57. The van der Waals surface area contributed by atoms with Crippen molar-refractivity contribution in [2.75, 3.05) is 0 Å². The van der Waals surface area contributed by atoms with Crippen molar-refractivity contribution in [2.24, 2.45) is 0 Å². The molecule has 102 valence electrons. The molecule has 1 amide bonds. The molecule has 0 aliphatic carbocycles. The smallest absolute Gasteiger partial charge is 0.251 e. The number of rotatable bonds is 2. The summed E-state index contributed by atoms with van der Waals surface area (Å²) in [6.45, 7) is 0. The molecule has 2 unspecified atom stereocenters. The van der Waals surface area contributed by atoms with Crippen molar-refractivity contribution >= 4 is 40.1 Å². The van der Waals surface area contributed by atoms with E-state index in [0.29, 0.717) is 28.7 Å². The van der Waals surface area contributed by atoms with Crippen LogP contribution in [0.15, 0.2) is 18.2 Å². The molecule has 2 saturated heterocycles. The van der Waals surface area contributed by atoms with Crippen molar-refractivity contribution in [3.8, 4) is 0 Å². The number of hydrogen-bond donors (Lipinski definition) is 2. The maximum atomic E-state index is 12.2. The lowest BCUT2D eigenvalue weighted by molar-refractivity contribution is 0.0924. The predicted molar refractivity (Wildman–Crippen MR) is 84.6 cm³/mol. The third kappa shape index (κ3) is 3.06. The van der Waals surface area contributed by atoms with Crippen molar-refractivity contribution in [1.82, 2.24) is 10.6 Å². The van der Waals surface area contributed by atoms with Gasteiger partial charge >= 0.3 is 0 Å². The molecule has 1 aromatic rings. The first-order valence-corrected chi connectivity index (χ1v) is 8.09. The molecular weight excluding hydrogens is 375 g/mol. The number of nitrogens with one attached hydrogen (secondary N) is 2. The van der Waals surface area contributed by atoms with Crippen LogP contribution in [0.2, 0.25) is 5.02 Å². The molecule has 5 heteroatoms. The Balaban J connectivity index is 1.66. The van der Waals surface area contributed by atoms with Gasteiger partial charge in [-0.15, -0.1) is 0 Å². The van der Waals surface area contributed by atoms with E-state index in [1.165, 1.54) is 12.8 Å². The van der Waals surface area contributed by atoms with Crippen LogP contribution in [0.4, 0.5) is 0 Å². The molecule has 0 aromatic heterocycles. The third-order valence-corrected chi connectivity index (χ3v) is 5.56. The van der Waals surface area contributed by atoms with Gasteiger partial charge < -0.3 is 10.6 Å². The van der Waals surface area contributed by atoms with Gasteiger partial charge in [0.2, 0.25) is 0 Å². The van der Waals surface area contributed by atoms with E-state index in [1.54, 1.807) is 6.07 Å². The molecule has 3 nitrogen and oxygen atoms in total. The third-order valence-electron chi connectivity index (χ3n) is 3.99. The number of fused-ring (bicyclic) bond motifs is 2. The molecular formula is C14H16ClIN2O. The average molecular weight is 391 g/mol. The zero-order chi connectivity index (χ0) is 13.4. The molecule has 2 atom stereocenters. The molecule has 2 heterocycles. The van der Waals surface area contributed by atoms with Gasteiger partial charge in [-0.2, -0.15) is 0 Å². The van der Waals surface area contributed by atoms with E-state index >= 15 is 0 Å². The predicted octanol–water partition coefficient (Wildman–Crippen LogP) is 2.96. The fourth-order valence-electron chi connectivity index (χ4n) is 3.08. The van der Waals surface area contributed by atoms with Crippen LogP contribution in [0.1, 0.15) is 36.0 Å². The highest BCUT2D eigenvalue weighted by molar-refractivity contribution is 14.1. The van der Waals surface area contributed by atoms with Gasteiger partial charge in [-0.25, -0.2) is 0 Å². The van der Waals surface area contributed by atoms with E-state index in [0.717, 1.165) is 16.4 Å². The molecule has 2 bridgehead atoms. The van der Waals surface area contributed by atoms with E-state index in [-0.39, 0.29) is 5.91 Å². The second-order valence-corrected chi connectivity index (χ2v) is 6.98. The summed E-state index contributed by atoms with van der Waals surface area (Å²) in [6, 6.07) is 6.93. The van der Waals surface area contributed by atoms with Gasteiger partial charge in [0.1, 0.15) is 0 Å². The van der Waals surface area contributed by atoms with Crippen LogP contribution >= 0.6 is 34.2 Å². The second kappa shape index (κ2) is 5.58. The first-order chi connectivity index (χ1) is 9.11. The molecule has 2 fully saturated rings. The molecule has 2 aliphatic rings. The highest BCUT2D eigenvalue weighted by atomic mass is 127. The van der Waals surface area contributed by atoms with Crippen LogP contribution in [0.3, 0.4) is 0 Å². The standard InChI is InChI=1S/C14H16ClIN2O/c15-12-5-8(1-4-13(12)16)14(19)18-11-6-9-2-3-10(7-11)17-9/h1,4-5,9-11,17H,2-3,6-7H2,(H,18,19). The highest BCUT2D eigenvalue weighted by Gasteiger charge is 2.34. The van der Waals surface area contributed by atoms with E-state index in [1.807, 2.05) is 12.1 Å². The zero-order valence-electron chi connectivity index (χ0n) is 10.5. The van der Waals surface area contributed by atoms with E-state index in [4.69, 9.17) is 11.6 Å². The van der Waals surface area contributed by atoms with E-state index in [2.05, 4.69) is 33.2 Å². The maximum absolute atomic E-state index is 12.2. The quantitative estimate of drug-likeness (QED) is 0.762. The van der Waals surface area contributed by atoms with Gasteiger partial charge in [-0.1, -0.05) is 11.6 Å². The normalized spacial score (nSPS) is 29.3. The van der Waals surface area contributed by atoms with Crippen LogP contribution in [0.25, 0.3) is 0 Å². The van der Waals surface area contributed by atoms with Crippen molar-refractivity contribution in [3.05, 3.63) is 32.4 Å². The number of carbonyl (C=O) groups excluding carboxylic acids is 1. The largest absolute Gasteiger partial charge is 0.349 e. The Morgan fingerprint density at radius 2 is 2.00 bits per heavy atom. The van der Waals surface area contributed by atoms with Crippen molar-refractivity contribution in [2.45, 2.75) is 43.8 Å². The highest BCUT2D eigenvalue weighted by Crippen LogP contribution is 2.27. The van der Waals surface area contributed by atoms with Gasteiger partial charge in [0.25, 0.3) is 5.91 Å². The number of carbonyl (C=O) groups is 1. The number of amides is 1. The fraction of sp³-hybridized carbons (Fsp3) is 0.500. The average Bonchev–Trinajstić information content (AvgIpc) is 2.72. The first kappa shape index (κ1) is 13.6. The molecule has 0 spiro atoms. The fourth-order valence-corrected chi connectivity index (χ4v) is 3.60. The van der Waals surface area contributed by atoms with Crippen molar-refractivity contribution in [3.63, 3.8) is 0 Å². The molecule has 2 aliphatic heterocycles.